The molecule has 4 nitrogen and oxygen atoms in total. The molecule has 0 aliphatic heterocycles. The van der Waals surface area contributed by atoms with E-state index in [0.29, 0.717) is 6.61 Å². The van der Waals surface area contributed by atoms with Crippen LogP contribution in [0.3, 0.4) is 0 Å². The van der Waals surface area contributed by atoms with Crippen LogP contribution in [-0.2, 0) is 19.1 Å². The Bertz CT molecular complexity index is 298. The van der Waals surface area contributed by atoms with E-state index in [2.05, 4.69) is 4.18 Å². The van der Waals surface area contributed by atoms with E-state index in [1.165, 1.54) is 19.3 Å². The third-order valence-corrected chi connectivity index (χ3v) is 3.43. The molecule has 0 aromatic rings. The number of unbranched alkanes of at least 4 members (excludes halogenated alkanes) is 6. The molecule has 0 spiro atoms. The van der Waals surface area contributed by atoms with E-state index in [0.717, 1.165) is 44.6 Å². The van der Waals surface area contributed by atoms with Gasteiger partial charge < -0.3 is 4.79 Å². The van der Waals surface area contributed by atoms with Gasteiger partial charge in [-0.2, -0.15) is 8.42 Å². The first kappa shape index (κ1) is 17.6. The molecule has 0 N–H and O–H groups in total. The van der Waals surface area contributed by atoms with E-state index in [1.807, 2.05) is 6.92 Å². The van der Waals surface area contributed by atoms with E-state index in [1.54, 1.807) is 0 Å². The lowest BCUT2D eigenvalue weighted by Gasteiger charge is -2.04. The van der Waals surface area contributed by atoms with Gasteiger partial charge in [-0.1, -0.05) is 45.4 Å². The van der Waals surface area contributed by atoms with Crippen LogP contribution < -0.4 is 0 Å². The monoisotopic (exact) mass is 278 g/mol. The van der Waals surface area contributed by atoms with E-state index in [9.17, 15) is 13.2 Å². The smallest absolute Gasteiger partial charge is 0.264 e. The summed E-state index contributed by atoms with van der Waals surface area (Å²) in [7, 11) is -3.27. The minimum Gasteiger partial charge on any atom is -0.303 e. The standard InChI is InChI=1S/C13H26O4S/c1-13(12-14)10-8-6-4-3-5-7-9-11-17-18(2,15)16/h12-13H,3-11H2,1-2H3. The fraction of sp³-hybridized carbons (Fsp3) is 0.923. The summed E-state index contributed by atoms with van der Waals surface area (Å²) in [6.07, 6.45) is 10.7. The molecule has 0 aliphatic carbocycles. The molecule has 0 radical (unpaired) electrons. The highest BCUT2D eigenvalue weighted by atomic mass is 32.2. The first-order valence-electron chi connectivity index (χ1n) is 6.75. The molecule has 18 heavy (non-hydrogen) atoms. The highest BCUT2D eigenvalue weighted by molar-refractivity contribution is 7.85. The van der Waals surface area contributed by atoms with Crippen molar-refractivity contribution in [2.75, 3.05) is 12.9 Å². The van der Waals surface area contributed by atoms with Gasteiger partial charge in [-0.25, -0.2) is 0 Å². The lowest BCUT2D eigenvalue weighted by Crippen LogP contribution is -2.03. The lowest BCUT2D eigenvalue weighted by molar-refractivity contribution is -0.110. The van der Waals surface area contributed by atoms with Crippen LogP contribution in [0.4, 0.5) is 0 Å². The summed E-state index contributed by atoms with van der Waals surface area (Å²) in [5.74, 6) is 0.193. The third-order valence-electron chi connectivity index (χ3n) is 2.83. The Labute approximate surface area is 111 Å². The third kappa shape index (κ3) is 13.6. The molecule has 0 aromatic heterocycles. The number of hydrogen-bond acceptors (Lipinski definition) is 4. The van der Waals surface area contributed by atoms with Crippen molar-refractivity contribution in [2.45, 2.75) is 58.3 Å². The van der Waals surface area contributed by atoms with E-state index in [4.69, 9.17) is 0 Å². The van der Waals surface area contributed by atoms with Crippen LogP contribution in [0.15, 0.2) is 0 Å². The molecular formula is C13H26O4S. The van der Waals surface area contributed by atoms with Crippen LogP contribution in [0.5, 0.6) is 0 Å². The summed E-state index contributed by atoms with van der Waals surface area (Å²) >= 11 is 0. The number of hydrogen-bond donors (Lipinski definition) is 0. The zero-order chi connectivity index (χ0) is 13.9. The Balaban J connectivity index is 3.15. The van der Waals surface area contributed by atoms with Gasteiger partial charge in [-0.3, -0.25) is 4.18 Å². The molecule has 0 aromatic carbocycles. The molecule has 0 saturated heterocycles. The molecular weight excluding hydrogens is 252 g/mol. The van der Waals surface area contributed by atoms with Crippen molar-refractivity contribution in [1.29, 1.82) is 0 Å². The van der Waals surface area contributed by atoms with Crippen molar-refractivity contribution in [1.82, 2.24) is 0 Å². The van der Waals surface area contributed by atoms with Gasteiger partial charge in [0, 0.05) is 5.92 Å². The fourth-order valence-electron chi connectivity index (χ4n) is 1.73. The summed E-state index contributed by atoms with van der Waals surface area (Å²) in [6, 6.07) is 0. The van der Waals surface area contributed by atoms with Gasteiger partial charge in [-0.15, -0.1) is 0 Å². The second-order valence-corrected chi connectivity index (χ2v) is 6.55. The Morgan fingerprint density at radius 2 is 1.50 bits per heavy atom. The van der Waals surface area contributed by atoms with Crippen LogP contribution in [0.25, 0.3) is 0 Å². The summed E-state index contributed by atoms with van der Waals surface area (Å²) in [5, 5.41) is 0. The summed E-state index contributed by atoms with van der Waals surface area (Å²) < 4.78 is 26.0. The second-order valence-electron chi connectivity index (χ2n) is 4.90. The molecule has 1 unspecified atom stereocenters. The summed E-state index contributed by atoms with van der Waals surface area (Å²) in [6.45, 7) is 2.25. The number of carbonyl (C=O) groups excluding carboxylic acids is 1. The van der Waals surface area contributed by atoms with Crippen molar-refractivity contribution in [2.24, 2.45) is 5.92 Å². The molecule has 0 aliphatic rings. The van der Waals surface area contributed by atoms with Gasteiger partial charge >= 0.3 is 0 Å². The van der Waals surface area contributed by atoms with Crippen molar-refractivity contribution in [3.8, 4) is 0 Å². The molecule has 0 saturated carbocycles. The van der Waals surface area contributed by atoms with E-state index < -0.39 is 10.1 Å². The maximum atomic E-state index is 10.7. The Morgan fingerprint density at radius 1 is 1.00 bits per heavy atom. The molecule has 0 bridgehead atoms. The molecule has 0 rings (SSSR count). The van der Waals surface area contributed by atoms with Gasteiger partial charge in [0.1, 0.15) is 6.29 Å². The zero-order valence-corrected chi connectivity index (χ0v) is 12.4. The van der Waals surface area contributed by atoms with Crippen molar-refractivity contribution >= 4 is 16.4 Å². The quantitative estimate of drug-likeness (QED) is 0.313. The molecule has 0 fully saturated rings. The van der Waals surface area contributed by atoms with Gasteiger partial charge in [-0.05, 0) is 12.8 Å². The van der Waals surface area contributed by atoms with Gasteiger partial charge in [0.25, 0.3) is 10.1 Å². The minimum atomic E-state index is -3.27. The normalized spacial score (nSPS) is 13.4. The molecule has 108 valence electrons. The lowest BCUT2D eigenvalue weighted by atomic mass is 10.0. The highest BCUT2D eigenvalue weighted by Crippen LogP contribution is 2.11. The van der Waals surface area contributed by atoms with E-state index >= 15 is 0 Å². The predicted molar refractivity (Wildman–Crippen MR) is 73.0 cm³/mol. The Kier molecular flexibility index (Phi) is 10.3. The van der Waals surface area contributed by atoms with Crippen molar-refractivity contribution in [3.05, 3.63) is 0 Å². The van der Waals surface area contributed by atoms with Crippen LogP contribution in [0, 0.1) is 5.92 Å². The van der Waals surface area contributed by atoms with Gasteiger partial charge in [0.2, 0.25) is 0 Å². The van der Waals surface area contributed by atoms with Crippen molar-refractivity contribution < 1.29 is 17.4 Å². The first-order chi connectivity index (χ1) is 8.45. The maximum absolute atomic E-state index is 10.7. The second kappa shape index (κ2) is 10.5. The Hall–Kier alpha value is -0.420. The average Bonchev–Trinajstić information content (AvgIpc) is 2.29. The number of rotatable bonds is 12. The topological polar surface area (TPSA) is 60.4 Å². The molecule has 0 heterocycles. The number of carbonyl (C=O) groups is 1. The largest absolute Gasteiger partial charge is 0.303 e. The SMILES string of the molecule is CC(C=O)CCCCCCCCCOS(C)(=O)=O. The number of aldehydes is 1. The fourth-order valence-corrected chi connectivity index (χ4v) is 2.15. The van der Waals surface area contributed by atoms with E-state index in [-0.39, 0.29) is 5.92 Å². The zero-order valence-electron chi connectivity index (χ0n) is 11.6. The summed E-state index contributed by atoms with van der Waals surface area (Å²) in [4.78, 5) is 10.4. The van der Waals surface area contributed by atoms with Crippen LogP contribution >= 0.6 is 0 Å². The highest BCUT2D eigenvalue weighted by Gasteiger charge is 2.01. The minimum absolute atomic E-state index is 0.193. The van der Waals surface area contributed by atoms with Gasteiger partial charge in [0.15, 0.2) is 0 Å². The van der Waals surface area contributed by atoms with Crippen molar-refractivity contribution in [3.63, 3.8) is 0 Å². The first-order valence-corrected chi connectivity index (χ1v) is 8.57. The van der Waals surface area contributed by atoms with Crippen LogP contribution in [-0.4, -0.2) is 27.6 Å². The maximum Gasteiger partial charge on any atom is 0.264 e. The van der Waals surface area contributed by atoms with Crippen LogP contribution in [0.1, 0.15) is 58.3 Å². The predicted octanol–water partition coefficient (Wildman–Crippen LogP) is 2.92. The molecule has 0 amide bonds. The van der Waals surface area contributed by atoms with Gasteiger partial charge in [0.05, 0.1) is 12.9 Å². The Morgan fingerprint density at radius 3 is 2.00 bits per heavy atom. The molecule has 5 heteroatoms. The summed E-state index contributed by atoms with van der Waals surface area (Å²) in [5.41, 5.74) is 0. The van der Waals surface area contributed by atoms with Crippen LogP contribution in [0.2, 0.25) is 0 Å². The average molecular weight is 278 g/mol. The molecule has 1 atom stereocenters.